The molecule has 6 heteroatoms. The Kier molecular flexibility index (Phi) is 4.42. The van der Waals surface area contributed by atoms with Gasteiger partial charge in [-0.15, -0.1) is 0 Å². The first-order valence-corrected chi connectivity index (χ1v) is 9.16. The Morgan fingerprint density at radius 3 is 2.64 bits per heavy atom. The SMILES string of the molecule is O=C(c1ncccc1O)N1CCC(c2nccn2CC2CCC2)CC1. The fraction of sp³-hybridized carbons (Fsp3) is 0.526. The molecule has 0 atom stereocenters. The number of hydrogen-bond acceptors (Lipinski definition) is 4. The molecule has 0 aromatic carbocycles. The lowest BCUT2D eigenvalue weighted by Gasteiger charge is -2.33. The van der Waals surface area contributed by atoms with Gasteiger partial charge < -0.3 is 14.6 Å². The van der Waals surface area contributed by atoms with Gasteiger partial charge in [-0.25, -0.2) is 9.97 Å². The van der Waals surface area contributed by atoms with Crippen LogP contribution in [-0.2, 0) is 6.54 Å². The van der Waals surface area contributed by atoms with Crippen molar-refractivity contribution in [2.75, 3.05) is 13.1 Å². The smallest absolute Gasteiger partial charge is 0.276 e. The zero-order valence-corrected chi connectivity index (χ0v) is 14.3. The van der Waals surface area contributed by atoms with E-state index in [2.05, 4.69) is 20.7 Å². The van der Waals surface area contributed by atoms with E-state index in [9.17, 15) is 9.90 Å². The zero-order valence-electron chi connectivity index (χ0n) is 14.3. The predicted octanol–water partition coefficient (Wildman–Crippen LogP) is 2.80. The number of carbonyl (C=O) groups excluding carboxylic acids is 1. The monoisotopic (exact) mass is 340 g/mol. The van der Waals surface area contributed by atoms with E-state index in [4.69, 9.17) is 0 Å². The van der Waals surface area contributed by atoms with Gasteiger partial charge in [0.05, 0.1) is 0 Å². The maximum absolute atomic E-state index is 12.6. The standard InChI is InChI=1S/C19H24N4O2/c24-16-5-2-8-20-17(16)19(25)22-10-6-15(7-11-22)18-21-9-12-23(18)13-14-3-1-4-14/h2,5,8-9,12,14-15,24H,1,3-4,6-7,10-11,13H2. The van der Waals surface area contributed by atoms with E-state index in [1.54, 1.807) is 11.0 Å². The maximum Gasteiger partial charge on any atom is 0.276 e. The first-order valence-electron chi connectivity index (χ1n) is 9.16. The third kappa shape index (κ3) is 3.25. The van der Waals surface area contributed by atoms with Crippen LogP contribution in [0.15, 0.2) is 30.7 Å². The Bertz CT molecular complexity index is 745. The summed E-state index contributed by atoms with van der Waals surface area (Å²) in [6.45, 7) is 2.43. The van der Waals surface area contributed by atoms with Crippen molar-refractivity contribution in [1.82, 2.24) is 19.4 Å². The molecule has 2 aromatic rings. The summed E-state index contributed by atoms with van der Waals surface area (Å²) in [5.74, 6) is 2.14. The van der Waals surface area contributed by atoms with Crippen molar-refractivity contribution in [3.63, 3.8) is 0 Å². The summed E-state index contributed by atoms with van der Waals surface area (Å²) in [7, 11) is 0. The number of aromatic nitrogens is 3. The van der Waals surface area contributed by atoms with Crippen LogP contribution in [0.2, 0.25) is 0 Å². The molecule has 0 spiro atoms. The minimum Gasteiger partial charge on any atom is -0.505 e. The van der Waals surface area contributed by atoms with E-state index in [-0.39, 0.29) is 17.4 Å². The summed E-state index contributed by atoms with van der Waals surface area (Å²) in [6.07, 6.45) is 11.4. The quantitative estimate of drug-likeness (QED) is 0.929. The number of rotatable bonds is 4. The van der Waals surface area contributed by atoms with Gasteiger partial charge in [0.2, 0.25) is 0 Å². The molecular formula is C19H24N4O2. The van der Waals surface area contributed by atoms with Crippen molar-refractivity contribution in [3.8, 4) is 5.75 Å². The summed E-state index contributed by atoms with van der Waals surface area (Å²) in [5, 5.41) is 9.84. The predicted molar refractivity (Wildman–Crippen MR) is 93.3 cm³/mol. The van der Waals surface area contributed by atoms with Gasteiger partial charge in [-0.05, 0) is 43.7 Å². The maximum atomic E-state index is 12.6. The van der Waals surface area contributed by atoms with Gasteiger partial charge in [0.1, 0.15) is 11.6 Å². The van der Waals surface area contributed by atoms with Crippen molar-refractivity contribution in [3.05, 3.63) is 42.2 Å². The number of carbonyl (C=O) groups is 1. The molecule has 25 heavy (non-hydrogen) atoms. The highest BCUT2D eigenvalue weighted by molar-refractivity contribution is 5.94. The first-order chi connectivity index (χ1) is 12.2. The Labute approximate surface area is 147 Å². The molecule has 1 aliphatic carbocycles. The number of hydrogen-bond donors (Lipinski definition) is 1. The normalized spacial score (nSPS) is 19.0. The van der Waals surface area contributed by atoms with Gasteiger partial charge in [0.25, 0.3) is 5.91 Å². The van der Waals surface area contributed by atoms with E-state index in [1.165, 1.54) is 37.4 Å². The molecule has 0 bridgehead atoms. The summed E-state index contributed by atoms with van der Waals surface area (Å²) < 4.78 is 2.32. The molecule has 0 radical (unpaired) electrons. The number of imidazole rings is 1. The van der Waals surface area contributed by atoms with E-state index in [1.807, 2.05) is 6.20 Å². The number of aromatic hydroxyl groups is 1. The molecule has 2 aromatic heterocycles. The topological polar surface area (TPSA) is 71.2 Å². The largest absolute Gasteiger partial charge is 0.505 e. The van der Waals surface area contributed by atoms with Crippen LogP contribution >= 0.6 is 0 Å². The summed E-state index contributed by atoms with van der Waals surface area (Å²) in [6, 6.07) is 3.13. The van der Waals surface area contributed by atoms with Crippen molar-refractivity contribution < 1.29 is 9.90 Å². The summed E-state index contributed by atoms with van der Waals surface area (Å²) >= 11 is 0. The third-order valence-electron chi connectivity index (χ3n) is 5.56. The average Bonchev–Trinajstić information content (AvgIpc) is 3.06. The minimum atomic E-state index is -0.186. The number of piperidine rings is 1. The second kappa shape index (κ2) is 6.86. The van der Waals surface area contributed by atoms with E-state index < -0.39 is 0 Å². The van der Waals surface area contributed by atoms with Crippen molar-refractivity contribution in [2.24, 2.45) is 5.92 Å². The second-order valence-corrected chi connectivity index (χ2v) is 7.17. The van der Waals surface area contributed by atoms with Crippen LogP contribution in [0.25, 0.3) is 0 Å². The number of nitrogens with zero attached hydrogens (tertiary/aromatic N) is 4. The molecule has 2 aliphatic rings. The molecule has 3 heterocycles. The Morgan fingerprint density at radius 1 is 1.16 bits per heavy atom. The minimum absolute atomic E-state index is 0.0503. The average molecular weight is 340 g/mol. The number of pyridine rings is 1. The van der Waals surface area contributed by atoms with Crippen LogP contribution in [0, 0.1) is 5.92 Å². The molecule has 2 fully saturated rings. The van der Waals surface area contributed by atoms with Gasteiger partial charge in [-0.1, -0.05) is 6.42 Å². The molecule has 1 amide bonds. The van der Waals surface area contributed by atoms with Crippen molar-refractivity contribution >= 4 is 5.91 Å². The van der Waals surface area contributed by atoms with Crippen molar-refractivity contribution in [2.45, 2.75) is 44.6 Å². The van der Waals surface area contributed by atoms with Crippen LogP contribution in [0.4, 0.5) is 0 Å². The molecule has 0 unspecified atom stereocenters. The molecule has 4 rings (SSSR count). The lowest BCUT2D eigenvalue weighted by Crippen LogP contribution is -2.38. The van der Waals surface area contributed by atoms with Gasteiger partial charge in [0.15, 0.2) is 5.69 Å². The van der Waals surface area contributed by atoms with Crippen LogP contribution in [0.5, 0.6) is 5.75 Å². The summed E-state index contributed by atoms with van der Waals surface area (Å²) in [5.41, 5.74) is 0.146. The van der Waals surface area contributed by atoms with Gasteiger partial charge in [-0.3, -0.25) is 4.79 Å². The van der Waals surface area contributed by atoms with Gasteiger partial charge in [-0.2, -0.15) is 0 Å². The second-order valence-electron chi connectivity index (χ2n) is 7.17. The molecular weight excluding hydrogens is 316 g/mol. The fourth-order valence-corrected chi connectivity index (χ4v) is 3.84. The molecule has 6 nitrogen and oxygen atoms in total. The number of amides is 1. The van der Waals surface area contributed by atoms with Crippen LogP contribution in [0.1, 0.15) is 54.3 Å². The third-order valence-corrected chi connectivity index (χ3v) is 5.56. The lowest BCUT2D eigenvalue weighted by atomic mass is 9.85. The highest BCUT2D eigenvalue weighted by Crippen LogP contribution is 2.32. The van der Waals surface area contributed by atoms with Crippen molar-refractivity contribution in [1.29, 1.82) is 0 Å². The molecule has 1 saturated heterocycles. The first kappa shape index (κ1) is 16.1. The van der Waals surface area contributed by atoms with Crippen LogP contribution in [-0.4, -0.2) is 43.5 Å². The molecule has 1 aliphatic heterocycles. The Morgan fingerprint density at radius 2 is 1.96 bits per heavy atom. The zero-order chi connectivity index (χ0) is 17.2. The molecule has 1 N–H and O–H groups in total. The van der Waals surface area contributed by atoms with Gasteiger partial charge in [0, 0.05) is 44.1 Å². The highest BCUT2D eigenvalue weighted by atomic mass is 16.3. The molecule has 132 valence electrons. The number of likely N-dealkylation sites (tertiary alicyclic amines) is 1. The molecule has 1 saturated carbocycles. The Balaban J connectivity index is 1.39. The fourth-order valence-electron chi connectivity index (χ4n) is 3.84. The lowest BCUT2D eigenvalue weighted by molar-refractivity contribution is 0.0700. The van der Waals surface area contributed by atoms with E-state index in [0.717, 1.165) is 25.3 Å². The van der Waals surface area contributed by atoms with Gasteiger partial charge >= 0.3 is 0 Å². The summed E-state index contributed by atoms with van der Waals surface area (Å²) in [4.78, 5) is 23.0. The van der Waals surface area contributed by atoms with Crippen LogP contribution in [0.3, 0.4) is 0 Å². The Hall–Kier alpha value is -2.37. The van der Waals surface area contributed by atoms with Crippen LogP contribution < -0.4 is 0 Å². The van der Waals surface area contributed by atoms with E-state index in [0.29, 0.717) is 19.0 Å². The van der Waals surface area contributed by atoms with E-state index >= 15 is 0 Å². The highest BCUT2D eigenvalue weighted by Gasteiger charge is 2.29.